The van der Waals surface area contributed by atoms with Gasteiger partial charge in [-0.3, -0.25) is 24.7 Å². The smallest absolute Gasteiger partial charge is 0.271 e. The molecule has 1 aromatic heterocycles. The van der Waals surface area contributed by atoms with E-state index in [2.05, 4.69) is 20.8 Å². The quantitative estimate of drug-likeness (QED) is 0.473. The summed E-state index contributed by atoms with van der Waals surface area (Å²) in [6.07, 6.45) is 3.07. The Morgan fingerprint density at radius 1 is 1.28 bits per heavy atom. The van der Waals surface area contributed by atoms with Crippen molar-refractivity contribution < 1.29 is 14.5 Å². The topological polar surface area (TPSA) is 127 Å². The molecule has 25 heavy (non-hydrogen) atoms. The van der Waals surface area contributed by atoms with E-state index in [1.807, 2.05) is 0 Å². The number of benzene rings is 1. The third-order valence-electron chi connectivity index (χ3n) is 3.03. The molecule has 0 spiro atoms. The van der Waals surface area contributed by atoms with Crippen LogP contribution in [0.5, 0.6) is 0 Å². The van der Waals surface area contributed by atoms with E-state index in [1.54, 1.807) is 25.3 Å². The molecule has 128 valence electrons. The van der Waals surface area contributed by atoms with Crippen LogP contribution < -0.4 is 10.7 Å². The van der Waals surface area contributed by atoms with Crippen molar-refractivity contribution in [3.63, 3.8) is 0 Å². The van der Waals surface area contributed by atoms with Gasteiger partial charge in [-0.25, -0.2) is 5.43 Å². The average molecular weight is 341 g/mol. The Morgan fingerprint density at radius 3 is 2.76 bits per heavy atom. The lowest BCUT2D eigenvalue weighted by molar-refractivity contribution is -0.384. The summed E-state index contributed by atoms with van der Waals surface area (Å²) in [5.74, 6) is -0.908. The number of hydrogen-bond acceptors (Lipinski definition) is 6. The summed E-state index contributed by atoms with van der Waals surface area (Å²) in [6.45, 7) is 1.58. The summed E-state index contributed by atoms with van der Waals surface area (Å²) < 4.78 is 0. The standard InChI is InChI=1S/C16H15N5O4/c1-11(8-15(22)18-13-5-3-7-17-10-13)19-20-16(23)12-4-2-6-14(9-12)21(24)25/h2-7,9-10H,8H2,1H3,(H,18,22)(H,20,23)/b19-11+. The third-order valence-corrected chi connectivity index (χ3v) is 3.03. The van der Waals surface area contributed by atoms with Crippen molar-refractivity contribution in [1.29, 1.82) is 0 Å². The van der Waals surface area contributed by atoms with Crippen molar-refractivity contribution in [2.24, 2.45) is 5.10 Å². The van der Waals surface area contributed by atoms with Gasteiger partial charge < -0.3 is 5.32 Å². The number of anilines is 1. The van der Waals surface area contributed by atoms with Crippen LogP contribution >= 0.6 is 0 Å². The maximum Gasteiger partial charge on any atom is 0.271 e. The molecule has 9 nitrogen and oxygen atoms in total. The molecule has 2 rings (SSSR count). The first-order valence-corrected chi connectivity index (χ1v) is 7.23. The third kappa shape index (κ3) is 5.50. The van der Waals surface area contributed by atoms with E-state index in [0.717, 1.165) is 6.07 Å². The second-order valence-corrected chi connectivity index (χ2v) is 5.06. The molecule has 0 unspecified atom stereocenters. The Kier molecular flexibility index (Phi) is 5.88. The van der Waals surface area contributed by atoms with E-state index >= 15 is 0 Å². The van der Waals surface area contributed by atoms with Crippen LogP contribution in [0.25, 0.3) is 0 Å². The van der Waals surface area contributed by atoms with Crippen LogP contribution in [-0.2, 0) is 4.79 Å². The molecule has 1 aromatic carbocycles. The molecule has 0 aliphatic rings. The van der Waals surface area contributed by atoms with Crippen LogP contribution in [0.3, 0.4) is 0 Å². The number of carbonyl (C=O) groups is 2. The van der Waals surface area contributed by atoms with Gasteiger partial charge in [-0.2, -0.15) is 5.10 Å². The number of rotatable bonds is 6. The molecule has 0 bridgehead atoms. The highest BCUT2D eigenvalue weighted by Crippen LogP contribution is 2.12. The Morgan fingerprint density at radius 2 is 2.08 bits per heavy atom. The Labute approximate surface area is 142 Å². The van der Waals surface area contributed by atoms with Gasteiger partial charge in [0.1, 0.15) is 0 Å². The van der Waals surface area contributed by atoms with Crippen LogP contribution in [0.15, 0.2) is 53.9 Å². The second kappa shape index (κ2) is 8.29. The van der Waals surface area contributed by atoms with Gasteiger partial charge in [0.2, 0.25) is 5.91 Å². The number of nitrogens with one attached hydrogen (secondary N) is 2. The molecule has 2 N–H and O–H groups in total. The summed E-state index contributed by atoms with van der Waals surface area (Å²) in [4.78, 5) is 37.8. The van der Waals surface area contributed by atoms with Gasteiger partial charge in [0.25, 0.3) is 11.6 Å². The van der Waals surface area contributed by atoms with Crippen molar-refractivity contribution in [2.75, 3.05) is 5.32 Å². The molecule has 0 fully saturated rings. The van der Waals surface area contributed by atoms with E-state index in [9.17, 15) is 19.7 Å². The summed E-state index contributed by atoms with van der Waals surface area (Å²) in [6, 6.07) is 8.66. The van der Waals surface area contributed by atoms with Crippen LogP contribution in [0.4, 0.5) is 11.4 Å². The van der Waals surface area contributed by atoms with E-state index < -0.39 is 10.8 Å². The fourth-order valence-corrected chi connectivity index (χ4v) is 1.89. The van der Waals surface area contributed by atoms with E-state index in [1.165, 1.54) is 24.4 Å². The normalized spacial score (nSPS) is 10.8. The van der Waals surface area contributed by atoms with Crippen LogP contribution in [0.2, 0.25) is 0 Å². The highest BCUT2D eigenvalue weighted by molar-refractivity contribution is 6.06. The van der Waals surface area contributed by atoms with Gasteiger partial charge in [0, 0.05) is 29.6 Å². The molecular formula is C16H15N5O4. The lowest BCUT2D eigenvalue weighted by Gasteiger charge is -2.05. The molecule has 0 saturated heterocycles. The van der Waals surface area contributed by atoms with Crippen molar-refractivity contribution in [3.05, 3.63) is 64.5 Å². The van der Waals surface area contributed by atoms with Gasteiger partial charge in [0.15, 0.2) is 0 Å². The van der Waals surface area contributed by atoms with Crippen LogP contribution in [0, 0.1) is 10.1 Å². The number of nitro groups is 1. The molecule has 0 saturated carbocycles. The van der Waals surface area contributed by atoms with E-state index in [-0.39, 0.29) is 23.6 Å². The predicted octanol–water partition coefficient (Wildman–Crippen LogP) is 2.12. The molecule has 2 amide bonds. The second-order valence-electron chi connectivity index (χ2n) is 5.06. The van der Waals surface area contributed by atoms with Crippen LogP contribution in [0.1, 0.15) is 23.7 Å². The lowest BCUT2D eigenvalue weighted by Crippen LogP contribution is -2.21. The number of nitrogens with zero attached hydrogens (tertiary/aromatic N) is 3. The minimum Gasteiger partial charge on any atom is -0.324 e. The molecule has 0 radical (unpaired) electrons. The largest absolute Gasteiger partial charge is 0.324 e. The average Bonchev–Trinajstić information content (AvgIpc) is 2.60. The van der Waals surface area contributed by atoms with Crippen molar-refractivity contribution >= 4 is 28.9 Å². The van der Waals surface area contributed by atoms with E-state index in [4.69, 9.17) is 0 Å². The molecular weight excluding hydrogens is 326 g/mol. The molecule has 2 aromatic rings. The molecule has 1 heterocycles. The van der Waals surface area contributed by atoms with Gasteiger partial charge in [-0.05, 0) is 25.1 Å². The van der Waals surface area contributed by atoms with Gasteiger partial charge in [0.05, 0.1) is 23.2 Å². The van der Waals surface area contributed by atoms with Crippen molar-refractivity contribution in [3.8, 4) is 0 Å². The first-order chi connectivity index (χ1) is 12.0. The maximum absolute atomic E-state index is 12.0. The Bertz CT molecular complexity index is 820. The fourth-order valence-electron chi connectivity index (χ4n) is 1.89. The lowest BCUT2D eigenvalue weighted by atomic mass is 10.2. The van der Waals surface area contributed by atoms with Gasteiger partial charge >= 0.3 is 0 Å². The minimum atomic E-state index is -0.601. The Hall–Kier alpha value is -3.62. The summed E-state index contributed by atoms with van der Waals surface area (Å²) in [5, 5.41) is 17.2. The number of carbonyl (C=O) groups excluding carboxylic acids is 2. The molecule has 0 aliphatic heterocycles. The highest BCUT2D eigenvalue weighted by atomic mass is 16.6. The Balaban J connectivity index is 1.92. The minimum absolute atomic E-state index is 0.0237. The zero-order valence-electron chi connectivity index (χ0n) is 13.3. The zero-order chi connectivity index (χ0) is 18.2. The monoisotopic (exact) mass is 341 g/mol. The molecule has 0 aliphatic carbocycles. The fraction of sp³-hybridized carbons (Fsp3) is 0.125. The number of aromatic nitrogens is 1. The number of nitro benzene ring substituents is 1. The van der Waals surface area contributed by atoms with E-state index in [0.29, 0.717) is 11.4 Å². The molecule has 0 atom stereocenters. The number of non-ortho nitro benzene ring substituents is 1. The SMILES string of the molecule is C/C(CC(=O)Nc1cccnc1)=N\NC(=O)c1cccc([N+](=O)[O-])c1. The number of hydrazone groups is 1. The zero-order valence-corrected chi connectivity index (χ0v) is 13.3. The number of pyridine rings is 1. The van der Waals surface area contributed by atoms with Gasteiger partial charge in [-0.15, -0.1) is 0 Å². The summed E-state index contributed by atoms with van der Waals surface area (Å²) in [5.41, 5.74) is 3.11. The molecule has 9 heteroatoms. The first-order valence-electron chi connectivity index (χ1n) is 7.23. The van der Waals surface area contributed by atoms with Crippen molar-refractivity contribution in [1.82, 2.24) is 10.4 Å². The number of hydrogen-bond donors (Lipinski definition) is 2. The summed E-state index contributed by atoms with van der Waals surface area (Å²) in [7, 11) is 0. The highest BCUT2D eigenvalue weighted by Gasteiger charge is 2.11. The first kappa shape index (κ1) is 17.7. The van der Waals surface area contributed by atoms with Crippen molar-refractivity contribution in [2.45, 2.75) is 13.3 Å². The van der Waals surface area contributed by atoms with Crippen LogP contribution in [-0.4, -0.2) is 27.4 Å². The predicted molar refractivity (Wildman–Crippen MR) is 91.2 cm³/mol. The maximum atomic E-state index is 12.0. The summed E-state index contributed by atoms with van der Waals surface area (Å²) >= 11 is 0. The van der Waals surface area contributed by atoms with Gasteiger partial charge in [-0.1, -0.05) is 6.07 Å². The number of amides is 2.